The molecule has 0 aliphatic carbocycles. The fraction of sp³-hybridized carbons (Fsp3) is 0.290. The zero-order valence-corrected chi connectivity index (χ0v) is 21.7. The Bertz CT molecular complexity index is 1290. The van der Waals surface area contributed by atoms with Gasteiger partial charge >= 0.3 is 0 Å². The molecule has 0 aromatic heterocycles. The number of hydrogen-bond donors (Lipinski definition) is 1. The molecule has 6 heteroatoms. The van der Waals surface area contributed by atoms with Gasteiger partial charge < -0.3 is 19.5 Å². The van der Waals surface area contributed by atoms with Crippen LogP contribution in [0, 0.1) is 6.92 Å². The van der Waals surface area contributed by atoms with E-state index in [-0.39, 0.29) is 24.5 Å². The summed E-state index contributed by atoms with van der Waals surface area (Å²) in [7, 11) is 1.55. The predicted octanol–water partition coefficient (Wildman–Crippen LogP) is 5.77. The lowest BCUT2D eigenvalue weighted by Gasteiger charge is -2.25. The summed E-state index contributed by atoms with van der Waals surface area (Å²) < 4.78 is 11.1. The number of benzene rings is 3. The molecule has 1 N–H and O–H groups in total. The molecular formula is C31H33NO5. The Kier molecular flexibility index (Phi) is 8.09. The molecule has 37 heavy (non-hydrogen) atoms. The van der Waals surface area contributed by atoms with Crippen LogP contribution in [0.3, 0.4) is 0 Å². The van der Waals surface area contributed by atoms with E-state index in [0.29, 0.717) is 23.8 Å². The molecule has 0 spiro atoms. The third kappa shape index (κ3) is 5.75. The summed E-state index contributed by atoms with van der Waals surface area (Å²) in [5.41, 5.74) is 4.66. The molecule has 1 saturated heterocycles. The first kappa shape index (κ1) is 26.2. The maximum absolute atomic E-state index is 13.1. The van der Waals surface area contributed by atoms with Crippen molar-refractivity contribution in [2.75, 3.05) is 20.3 Å². The van der Waals surface area contributed by atoms with Crippen molar-refractivity contribution in [1.29, 1.82) is 0 Å². The van der Waals surface area contributed by atoms with Crippen molar-refractivity contribution < 1.29 is 24.2 Å². The minimum absolute atomic E-state index is 0.0758. The molecule has 1 amide bonds. The lowest BCUT2D eigenvalue weighted by Crippen LogP contribution is -2.32. The van der Waals surface area contributed by atoms with Gasteiger partial charge in [-0.25, -0.2) is 0 Å². The van der Waals surface area contributed by atoms with Gasteiger partial charge in [0.1, 0.15) is 18.1 Å². The molecule has 4 rings (SSSR count). The second-order valence-corrected chi connectivity index (χ2v) is 9.61. The molecule has 1 atom stereocenters. The van der Waals surface area contributed by atoms with Crippen LogP contribution in [0.4, 0.5) is 0 Å². The summed E-state index contributed by atoms with van der Waals surface area (Å²) in [6.07, 6.45) is 0. The molecule has 192 valence electrons. The van der Waals surface area contributed by atoms with E-state index in [1.165, 1.54) is 4.90 Å². The number of Topliss-reactive ketones (excluding diaryl/α,β-unsaturated/α-hetero) is 1. The van der Waals surface area contributed by atoms with Crippen molar-refractivity contribution in [3.63, 3.8) is 0 Å². The molecular weight excluding hydrogens is 466 g/mol. The van der Waals surface area contributed by atoms with Crippen LogP contribution >= 0.6 is 0 Å². The topological polar surface area (TPSA) is 76.1 Å². The van der Waals surface area contributed by atoms with Gasteiger partial charge in [-0.15, -0.1) is 0 Å². The minimum Gasteiger partial charge on any atom is -0.507 e. The third-order valence-corrected chi connectivity index (χ3v) is 6.61. The van der Waals surface area contributed by atoms with E-state index in [4.69, 9.17) is 9.47 Å². The molecule has 6 nitrogen and oxygen atoms in total. The highest BCUT2D eigenvalue weighted by molar-refractivity contribution is 6.46. The molecule has 1 heterocycles. The number of likely N-dealkylation sites (tertiary alicyclic amines) is 1. The summed E-state index contributed by atoms with van der Waals surface area (Å²) in [5, 5.41) is 11.3. The van der Waals surface area contributed by atoms with Crippen molar-refractivity contribution in [1.82, 2.24) is 4.90 Å². The van der Waals surface area contributed by atoms with Gasteiger partial charge in [0.05, 0.1) is 18.2 Å². The molecule has 3 aromatic rings. The van der Waals surface area contributed by atoms with Gasteiger partial charge in [-0.1, -0.05) is 67.9 Å². The van der Waals surface area contributed by atoms with Gasteiger partial charge in [0.2, 0.25) is 0 Å². The Morgan fingerprint density at radius 2 is 1.70 bits per heavy atom. The number of nitrogens with zero attached hydrogens (tertiary/aromatic N) is 1. The maximum Gasteiger partial charge on any atom is 0.295 e. The fourth-order valence-electron chi connectivity index (χ4n) is 4.54. The Hall–Kier alpha value is -3.90. The Morgan fingerprint density at radius 1 is 1.00 bits per heavy atom. The maximum atomic E-state index is 13.1. The van der Waals surface area contributed by atoms with E-state index in [0.717, 1.165) is 22.3 Å². The number of aryl methyl sites for hydroxylation is 1. The zero-order valence-electron chi connectivity index (χ0n) is 21.7. The number of ether oxygens (including phenoxy) is 2. The first-order chi connectivity index (χ1) is 17.8. The molecule has 0 radical (unpaired) electrons. The van der Waals surface area contributed by atoms with Crippen LogP contribution < -0.4 is 4.74 Å². The van der Waals surface area contributed by atoms with Gasteiger partial charge in [0, 0.05) is 19.2 Å². The molecule has 0 unspecified atom stereocenters. The predicted molar refractivity (Wildman–Crippen MR) is 143 cm³/mol. The fourth-order valence-corrected chi connectivity index (χ4v) is 4.54. The number of ketones is 1. The van der Waals surface area contributed by atoms with E-state index >= 15 is 0 Å². The van der Waals surface area contributed by atoms with Gasteiger partial charge in [-0.2, -0.15) is 0 Å². The largest absolute Gasteiger partial charge is 0.507 e. The lowest BCUT2D eigenvalue weighted by atomic mass is 9.93. The summed E-state index contributed by atoms with van der Waals surface area (Å²) >= 11 is 0. The van der Waals surface area contributed by atoms with Gasteiger partial charge in [-0.3, -0.25) is 9.59 Å². The first-order valence-electron chi connectivity index (χ1n) is 12.5. The summed E-state index contributed by atoms with van der Waals surface area (Å²) in [5.74, 6) is -0.567. The Balaban J connectivity index is 1.64. The van der Waals surface area contributed by atoms with Crippen molar-refractivity contribution >= 4 is 17.4 Å². The molecule has 1 fully saturated rings. The van der Waals surface area contributed by atoms with Crippen LogP contribution in [0.15, 0.2) is 78.4 Å². The van der Waals surface area contributed by atoms with Gasteiger partial charge in [-0.05, 0) is 53.8 Å². The highest BCUT2D eigenvalue weighted by Crippen LogP contribution is 2.39. The third-order valence-electron chi connectivity index (χ3n) is 6.61. The van der Waals surface area contributed by atoms with Crippen LogP contribution in [0.5, 0.6) is 5.75 Å². The summed E-state index contributed by atoms with van der Waals surface area (Å²) in [6, 6.07) is 22.1. The highest BCUT2D eigenvalue weighted by atomic mass is 16.5. The average Bonchev–Trinajstić information content (AvgIpc) is 3.15. The summed E-state index contributed by atoms with van der Waals surface area (Å²) in [4.78, 5) is 27.6. The monoisotopic (exact) mass is 499 g/mol. The van der Waals surface area contributed by atoms with E-state index in [9.17, 15) is 14.7 Å². The minimum atomic E-state index is -0.702. The van der Waals surface area contributed by atoms with Crippen LogP contribution in [0.2, 0.25) is 0 Å². The standard InChI is InChI=1S/C31H33NO5/c1-20(2)23-8-10-24(11-9-23)28-27(30(34)31(35)32(28)16-17-36-4)29(33)25-12-14-26(15-13-25)37-19-22-7-5-6-21(3)18-22/h5-15,18,20,28,33H,16-17,19H2,1-4H3/b29-27+/t28-/m0/s1. The second-order valence-electron chi connectivity index (χ2n) is 9.61. The number of amides is 1. The Morgan fingerprint density at radius 3 is 2.32 bits per heavy atom. The normalized spacial score (nSPS) is 17.0. The SMILES string of the molecule is COCCN1C(=O)C(=O)/C(=C(/O)c2ccc(OCc3cccc(C)c3)cc2)[C@@H]1c1ccc(C(C)C)cc1. The van der Waals surface area contributed by atoms with Crippen molar-refractivity contribution in [3.05, 3.63) is 106 Å². The summed E-state index contributed by atoms with van der Waals surface area (Å²) in [6.45, 7) is 7.18. The van der Waals surface area contributed by atoms with Crippen molar-refractivity contribution in [2.45, 2.75) is 39.3 Å². The van der Waals surface area contributed by atoms with Crippen LogP contribution in [-0.4, -0.2) is 42.0 Å². The quantitative estimate of drug-likeness (QED) is 0.230. The van der Waals surface area contributed by atoms with E-state index in [2.05, 4.69) is 19.9 Å². The Labute approximate surface area is 218 Å². The van der Waals surface area contributed by atoms with Gasteiger partial charge in [0.15, 0.2) is 0 Å². The number of methoxy groups -OCH3 is 1. The average molecular weight is 500 g/mol. The smallest absolute Gasteiger partial charge is 0.295 e. The first-order valence-corrected chi connectivity index (χ1v) is 12.5. The lowest BCUT2D eigenvalue weighted by molar-refractivity contribution is -0.140. The van der Waals surface area contributed by atoms with Crippen LogP contribution in [-0.2, 0) is 20.9 Å². The number of rotatable bonds is 9. The molecule has 0 bridgehead atoms. The highest BCUT2D eigenvalue weighted by Gasteiger charge is 2.45. The second kappa shape index (κ2) is 11.4. The van der Waals surface area contributed by atoms with Crippen LogP contribution in [0.25, 0.3) is 5.76 Å². The molecule has 3 aromatic carbocycles. The number of hydrogen-bond acceptors (Lipinski definition) is 5. The molecule has 1 aliphatic heterocycles. The zero-order chi connectivity index (χ0) is 26.5. The van der Waals surface area contributed by atoms with E-state index < -0.39 is 17.7 Å². The van der Waals surface area contributed by atoms with E-state index in [1.54, 1.807) is 31.4 Å². The number of carbonyl (C=O) groups is 2. The number of aliphatic hydroxyl groups is 1. The number of aliphatic hydroxyl groups excluding tert-OH is 1. The van der Waals surface area contributed by atoms with Gasteiger partial charge in [0.25, 0.3) is 11.7 Å². The van der Waals surface area contributed by atoms with Crippen LogP contribution in [0.1, 0.15) is 53.6 Å². The molecule has 0 saturated carbocycles. The molecule has 1 aliphatic rings. The van der Waals surface area contributed by atoms with Crippen molar-refractivity contribution in [3.8, 4) is 5.75 Å². The number of carbonyl (C=O) groups excluding carboxylic acids is 2. The van der Waals surface area contributed by atoms with E-state index in [1.807, 2.05) is 49.4 Å². The van der Waals surface area contributed by atoms with Crippen molar-refractivity contribution in [2.24, 2.45) is 0 Å².